The van der Waals surface area contributed by atoms with Crippen molar-refractivity contribution in [3.63, 3.8) is 0 Å². The molecule has 7 heteroatoms. The van der Waals surface area contributed by atoms with Crippen LogP contribution in [0.1, 0.15) is 43.7 Å². The second-order valence-corrected chi connectivity index (χ2v) is 8.89. The van der Waals surface area contributed by atoms with E-state index in [0.717, 1.165) is 41.4 Å². The standard InChI is InChI=1S/C24H27BrN4O2/c1-2-21(17-8-4-3-5-9-17)26-24(30)19-11-7-13-29(15-19)16-22-27-23(28-31-22)18-10-6-12-20(25)14-18/h3-6,8-10,12,14,19,21H,2,7,11,13,15-16H2,1H3,(H,26,30). The third-order valence-corrected chi connectivity index (χ3v) is 6.21. The highest BCUT2D eigenvalue weighted by atomic mass is 79.9. The number of carbonyl (C=O) groups is 1. The number of aromatic nitrogens is 2. The fourth-order valence-corrected chi connectivity index (χ4v) is 4.46. The predicted molar refractivity (Wildman–Crippen MR) is 123 cm³/mol. The van der Waals surface area contributed by atoms with Crippen LogP contribution in [0.5, 0.6) is 0 Å². The number of hydrogen-bond acceptors (Lipinski definition) is 5. The molecule has 1 aliphatic rings. The molecule has 1 aliphatic heterocycles. The average molecular weight is 483 g/mol. The molecule has 0 saturated carbocycles. The van der Waals surface area contributed by atoms with Gasteiger partial charge in [-0.3, -0.25) is 9.69 Å². The van der Waals surface area contributed by atoms with Gasteiger partial charge in [0.1, 0.15) is 0 Å². The van der Waals surface area contributed by atoms with Gasteiger partial charge in [0.2, 0.25) is 17.6 Å². The first-order valence-electron chi connectivity index (χ1n) is 10.8. The van der Waals surface area contributed by atoms with Crippen LogP contribution in [0.3, 0.4) is 0 Å². The molecule has 2 aromatic carbocycles. The number of halogens is 1. The number of nitrogens with zero attached hydrogens (tertiary/aromatic N) is 3. The third kappa shape index (κ3) is 5.60. The monoisotopic (exact) mass is 482 g/mol. The van der Waals surface area contributed by atoms with E-state index in [9.17, 15) is 4.79 Å². The van der Waals surface area contributed by atoms with Crippen molar-refractivity contribution < 1.29 is 9.32 Å². The lowest BCUT2D eigenvalue weighted by atomic mass is 9.95. The van der Waals surface area contributed by atoms with Crippen molar-refractivity contribution in [2.45, 2.75) is 38.8 Å². The molecule has 6 nitrogen and oxygen atoms in total. The normalized spacial score (nSPS) is 17.9. The Hall–Kier alpha value is -2.51. The van der Waals surface area contributed by atoms with Crippen LogP contribution >= 0.6 is 15.9 Å². The molecule has 1 fully saturated rings. The number of piperidine rings is 1. The number of amides is 1. The quantitative estimate of drug-likeness (QED) is 0.514. The molecule has 31 heavy (non-hydrogen) atoms. The van der Waals surface area contributed by atoms with Crippen LogP contribution in [0.15, 0.2) is 63.6 Å². The van der Waals surface area contributed by atoms with E-state index in [4.69, 9.17) is 4.52 Å². The Morgan fingerprint density at radius 3 is 2.87 bits per heavy atom. The molecule has 2 atom stereocenters. The molecule has 2 heterocycles. The fraction of sp³-hybridized carbons (Fsp3) is 0.375. The van der Waals surface area contributed by atoms with E-state index in [-0.39, 0.29) is 17.9 Å². The maximum Gasteiger partial charge on any atom is 0.241 e. The smallest absolute Gasteiger partial charge is 0.241 e. The molecule has 0 spiro atoms. The highest BCUT2D eigenvalue weighted by molar-refractivity contribution is 9.10. The minimum absolute atomic E-state index is 0.0287. The lowest BCUT2D eigenvalue weighted by Crippen LogP contribution is -2.43. The van der Waals surface area contributed by atoms with Crippen molar-refractivity contribution in [3.05, 3.63) is 70.5 Å². The Morgan fingerprint density at radius 2 is 2.10 bits per heavy atom. The first-order chi connectivity index (χ1) is 15.1. The van der Waals surface area contributed by atoms with Gasteiger partial charge < -0.3 is 9.84 Å². The lowest BCUT2D eigenvalue weighted by Gasteiger charge is -2.32. The maximum absolute atomic E-state index is 13.0. The van der Waals surface area contributed by atoms with E-state index in [1.165, 1.54) is 0 Å². The maximum atomic E-state index is 13.0. The molecule has 0 radical (unpaired) electrons. The molecule has 0 bridgehead atoms. The predicted octanol–water partition coefficient (Wildman–Crippen LogP) is 4.98. The number of rotatable bonds is 7. The molecule has 1 saturated heterocycles. The Morgan fingerprint density at radius 1 is 1.26 bits per heavy atom. The summed E-state index contributed by atoms with van der Waals surface area (Å²) in [4.78, 5) is 19.7. The zero-order valence-electron chi connectivity index (χ0n) is 17.6. The molecule has 162 valence electrons. The topological polar surface area (TPSA) is 71.3 Å². The summed E-state index contributed by atoms with van der Waals surface area (Å²) in [5.74, 6) is 1.25. The Kier molecular flexibility index (Phi) is 7.14. The van der Waals surface area contributed by atoms with E-state index >= 15 is 0 Å². The number of nitrogens with one attached hydrogen (secondary N) is 1. The van der Waals surface area contributed by atoms with E-state index < -0.39 is 0 Å². The number of benzene rings is 2. The van der Waals surface area contributed by atoms with Gasteiger partial charge in [0.05, 0.1) is 18.5 Å². The summed E-state index contributed by atoms with van der Waals surface area (Å²) in [5.41, 5.74) is 2.06. The van der Waals surface area contributed by atoms with Crippen LogP contribution in [0, 0.1) is 5.92 Å². The van der Waals surface area contributed by atoms with Crippen molar-refractivity contribution in [3.8, 4) is 11.4 Å². The summed E-state index contributed by atoms with van der Waals surface area (Å²) in [7, 11) is 0. The summed E-state index contributed by atoms with van der Waals surface area (Å²) in [6, 6.07) is 18.0. The zero-order chi connectivity index (χ0) is 21.6. The van der Waals surface area contributed by atoms with Gasteiger partial charge in [-0.1, -0.05) is 70.5 Å². The van der Waals surface area contributed by atoms with Crippen molar-refractivity contribution in [1.82, 2.24) is 20.4 Å². The minimum Gasteiger partial charge on any atom is -0.349 e. The summed E-state index contributed by atoms with van der Waals surface area (Å²) in [6.45, 7) is 4.28. The summed E-state index contributed by atoms with van der Waals surface area (Å²) in [6.07, 6.45) is 2.75. The third-order valence-electron chi connectivity index (χ3n) is 5.71. The molecule has 1 aromatic heterocycles. The Balaban J connectivity index is 1.36. The molecule has 4 rings (SSSR count). The molecular formula is C24H27BrN4O2. The van der Waals surface area contributed by atoms with Crippen molar-refractivity contribution >= 4 is 21.8 Å². The second-order valence-electron chi connectivity index (χ2n) is 7.98. The van der Waals surface area contributed by atoms with E-state index in [2.05, 4.69) is 55.3 Å². The molecule has 0 aliphatic carbocycles. The van der Waals surface area contributed by atoms with E-state index in [1.54, 1.807) is 0 Å². The molecular weight excluding hydrogens is 456 g/mol. The molecule has 3 aromatic rings. The van der Waals surface area contributed by atoms with Crippen LogP contribution in [-0.4, -0.2) is 34.0 Å². The largest absolute Gasteiger partial charge is 0.349 e. The SMILES string of the molecule is CCC(NC(=O)C1CCCN(Cc2nc(-c3cccc(Br)c3)no2)C1)c1ccccc1. The molecule has 1 N–H and O–H groups in total. The van der Waals surface area contributed by atoms with Gasteiger partial charge >= 0.3 is 0 Å². The number of likely N-dealkylation sites (tertiary alicyclic amines) is 1. The first kappa shape index (κ1) is 21.7. The zero-order valence-corrected chi connectivity index (χ0v) is 19.2. The average Bonchev–Trinajstić information content (AvgIpc) is 3.26. The van der Waals surface area contributed by atoms with Gasteiger partial charge in [-0.25, -0.2) is 0 Å². The summed E-state index contributed by atoms with van der Waals surface area (Å²) >= 11 is 3.47. The highest BCUT2D eigenvalue weighted by Gasteiger charge is 2.28. The van der Waals surface area contributed by atoms with Gasteiger partial charge in [-0.15, -0.1) is 0 Å². The molecule has 1 amide bonds. The van der Waals surface area contributed by atoms with Crippen molar-refractivity contribution in [1.29, 1.82) is 0 Å². The lowest BCUT2D eigenvalue weighted by molar-refractivity contribution is -0.127. The van der Waals surface area contributed by atoms with E-state index in [1.807, 2.05) is 42.5 Å². The van der Waals surface area contributed by atoms with E-state index in [0.29, 0.717) is 24.8 Å². The van der Waals surface area contributed by atoms with Gasteiger partial charge in [-0.05, 0) is 43.5 Å². The van der Waals surface area contributed by atoms with Gasteiger partial charge in [0.15, 0.2) is 0 Å². The summed E-state index contributed by atoms with van der Waals surface area (Å²) in [5, 5.41) is 7.36. The van der Waals surface area contributed by atoms with Crippen molar-refractivity contribution in [2.75, 3.05) is 13.1 Å². The number of hydrogen-bond donors (Lipinski definition) is 1. The first-order valence-corrected chi connectivity index (χ1v) is 11.6. The fourth-order valence-electron chi connectivity index (χ4n) is 4.06. The van der Waals surface area contributed by atoms with Crippen LogP contribution in [0.25, 0.3) is 11.4 Å². The summed E-state index contributed by atoms with van der Waals surface area (Å²) < 4.78 is 6.45. The van der Waals surface area contributed by atoms with Gasteiger partial charge in [0.25, 0.3) is 0 Å². The second kappa shape index (κ2) is 10.2. The Bertz CT molecular complexity index is 1010. The molecule has 2 unspecified atom stereocenters. The van der Waals surface area contributed by atoms with Gasteiger partial charge in [0, 0.05) is 16.6 Å². The van der Waals surface area contributed by atoms with Crippen LogP contribution in [0.2, 0.25) is 0 Å². The number of carbonyl (C=O) groups excluding carboxylic acids is 1. The van der Waals surface area contributed by atoms with Crippen molar-refractivity contribution in [2.24, 2.45) is 5.92 Å². The van der Waals surface area contributed by atoms with Gasteiger partial charge in [-0.2, -0.15) is 4.98 Å². The van der Waals surface area contributed by atoms with Crippen LogP contribution < -0.4 is 5.32 Å². The minimum atomic E-state index is -0.0287. The van der Waals surface area contributed by atoms with Crippen LogP contribution in [-0.2, 0) is 11.3 Å². The highest BCUT2D eigenvalue weighted by Crippen LogP contribution is 2.23. The Labute approximate surface area is 191 Å². The van der Waals surface area contributed by atoms with Crippen LogP contribution in [0.4, 0.5) is 0 Å².